The summed E-state index contributed by atoms with van der Waals surface area (Å²) >= 11 is 0. The van der Waals surface area contributed by atoms with Gasteiger partial charge in [0.1, 0.15) is 54.9 Å². The van der Waals surface area contributed by atoms with Gasteiger partial charge in [-0.05, 0) is 12.8 Å². The molecule has 0 radical (unpaired) electrons. The Bertz CT molecular complexity index is 1020. The monoisotopic (exact) mass is 879 g/mol. The predicted octanol–water partition coefficient (Wildman–Crippen LogP) is 6.52. The molecule has 61 heavy (non-hydrogen) atoms. The van der Waals surface area contributed by atoms with Gasteiger partial charge in [-0.15, -0.1) is 0 Å². The minimum atomic E-state index is -1.70. The molecule has 0 aromatic heterocycles. The zero-order valence-corrected chi connectivity index (χ0v) is 38.2. The number of ether oxygens (including phenoxy) is 6. The highest BCUT2D eigenvalue weighted by molar-refractivity contribution is 5.69. The quantitative estimate of drug-likeness (QED) is 0.0259. The van der Waals surface area contributed by atoms with E-state index in [1.54, 1.807) is 0 Å². The third-order valence-electron chi connectivity index (χ3n) is 12.1. The van der Waals surface area contributed by atoms with E-state index in [1.165, 1.54) is 128 Å². The first kappa shape index (κ1) is 56.1. The molecule has 362 valence electrons. The van der Waals surface area contributed by atoms with Crippen LogP contribution in [0.5, 0.6) is 0 Å². The number of carbonyl (C=O) groups excluding carboxylic acids is 1. The third kappa shape index (κ3) is 24.7. The molecule has 2 fully saturated rings. The highest BCUT2D eigenvalue weighted by Crippen LogP contribution is 2.26. The van der Waals surface area contributed by atoms with Crippen LogP contribution in [0.1, 0.15) is 194 Å². The zero-order chi connectivity index (χ0) is 44.5. The topological polar surface area (TPSA) is 214 Å². The second kappa shape index (κ2) is 36.2. The van der Waals surface area contributed by atoms with E-state index >= 15 is 0 Å². The summed E-state index contributed by atoms with van der Waals surface area (Å²) in [5.74, 6) is -0.374. The first-order valence-electron chi connectivity index (χ1n) is 24.6. The minimum Gasteiger partial charge on any atom is -0.457 e. The Balaban J connectivity index is 1.68. The van der Waals surface area contributed by atoms with Crippen molar-refractivity contribution in [3.8, 4) is 0 Å². The fourth-order valence-corrected chi connectivity index (χ4v) is 8.05. The Morgan fingerprint density at radius 3 is 1.33 bits per heavy atom. The fourth-order valence-electron chi connectivity index (χ4n) is 8.05. The predicted molar refractivity (Wildman–Crippen MR) is 234 cm³/mol. The molecule has 0 amide bonds. The summed E-state index contributed by atoms with van der Waals surface area (Å²) in [4.78, 5) is 12.9. The molecular formula is C47H90O14. The van der Waals surface area contributed by atoms with Crippen LogP contribution < -0.4 is 0 Å². The molecule has 14 heteroatoms. The van der Waals surface area contributed by atoms with E-state index in [0.717, 1.165) is 38.5 Å². The first-order valence-corrected chi connectivity index (χ1v) is 24.6. The molecule has 0 spiro atoms. The van der Waals surface area contributed by atoms with Gasteiger partial charge in [0.2, 0.25) is 0 Å². The van der Waals surface area contributed by atoms with Gasteiger partial charge in [-0.3, -0.25) is 4.79 Å². The molecule has 2 aliphatic heterocycles. The molecule has 2 aliphatic rings. The number of esters is 1. The first-order chi connectivity index (χ1) is 29.6. The van der Waals surface area contributed by atoms with E-state index in [9.17, 15) is 40.5 Å². The minimum absolute atomic E-state index is 0.0671. The van der Waals surface area contributed by atoms with Gasteiger partial charge in [-0.2, -0.15) is 0 Å². The van der Waals surface area contributed by atoms with Crippen molar-refractivity contribution in [2.45, 2.75) is 261 Å². The average molecular weight is 879 g/mol. The van der Waals surface area contributed by atoms with E-state index in [1.807, 2.05) is 0 Å². The summed E-state index contributed by atoms with van der Waals surface area (Å²) in [5, 5.41) is 71.8. The van der Waals surface area contributed by atoms with E-state index in [-0.39, 0.29) is 25.6 Å². The fraction of sp³-hybridized carbons (Fsp3) is 0.979. The van der Waals surface area contributed by atoms with Crippen molar-refractivity contribution in [3.05, 3.63) is 0 Å². The maximum atomic E-state index is 12.9. The molecule has 2 saturated heterocycles. The molecule has 11 atom stereocenters. The van der Waals surface area contributed by atoms with Gasteiger partial charge in [0.05, 0.1) is 26.4 Å². The van der Waals surface area contributed by atoms with Crippen LogP contribution in [0.25, 0.3) is 0 Å². The summed E-state index contributed by atoms with van der Waals surface area (Å²) in [5.41, 5.74) is 0. The lowest BCUT2D eigenvalue weighted by Gasteiger charge is -2.42. The normalized spacial score (nSPS) is 27.4. The Labute approximate surface area is 368 Å². The second-order valence-electron chi connectivity index (χ2n) is 17.7. The SMILES string of the molecule is CCCCCCCCCCCCCCCCCCCCCCCC(=O)OC(COCCCCCCCC)COC1OC(COC2OC(CO)C(O)C(O)C2O)C(O)C(O)C1O. The van der Waals surface area contributed by atoms with Crippen LogP contribution in [0.3, 0.4) is 0 Å². The molecular weight excluding hydrogens is 789 g/mol. The molecule has 14 nitrogen and oxygen atoms in total. The van der Waals surface area contributed by atoms with Crippen molar-refractivity contribution in [3.63, 3.8) is 0 Å². The zero-order valence-electron chi connectivity index (χ0n) is 38.2. The molecule has 2 heterocycles. The van der Waals surface area contributed by atoms with E-state index in [4.69, 9.17) is 28.4 Å². The number of carbonyl (C=O) groups is 1. The molecule has 0 aromatic carbocycles. The second-order valence-corrected chi connectivity index (χ2v) is 17.7. The van der Waals surface area contributed by atoms with Crippen LogP contribution in [-0.4, -0.2) is 142 Å². The number of aliphatic hydroxyl groups is 7. The van der Waals surface area contributed by atoms with E-state index in [0.29, 0.717) is 13.0 Å². The van der Waals surface area contributed by atoms with Crippen molar-refractivity contribution in [1.29, 1.82) is 0 Å². The standard InChI is InChI=1S/C47H90O14/c1-3-5-7-9-11-12-13-14-15-16-17-18-19-20-21-22-23-24-25-26-28-30-39(49)59-36(33-56-31-29-27-10-8-6-4-2)34-57-46-45(55)43(53)41(51)38(61-46)35-58-47-44(54)42(52)40(50)37(32-48)60-47/h36-38,40-48,50-55H,3-35H2,1-2H3. The Morgan fingerprint density at radius 2 is 0.869 bits per heavy atom. The average Bonchev–Trinajstić information content (AvgIpc) is 3.26. The Kier molecular flexibility index (Phi) is 33.3. The number of aliphatic hydroxyl groups excluding tert-OH is 7. The number of rotatable bonds is 39. The lowest BCUT2D eigenvalue weighted by molar-refractivity contribution is -0.332. The maximum Gasteiger partial charge on any atom is 0.306 e. The van der Waals surface area contributed by atoms with Crippen molar-refractivity contribution in [2.75, 3.05) is 33.0 Å². The summed E-state index contributed by atoms with van der Waals surface area (Å²) < 4.78 is 34.0. The van der Waals surface area contributed by atoms with Crippen LogP contribution in [0.2, 0.25) is 0 Å². The number of hydrogen-bond donors (Lipinski definition) is 7. The highest BCUT2D eigenvalue weighted by Gasteiger charge is 2.47. The van der Waals surface area contributed by atoms with Crippen LogP contribution in [-0.2, 0) is 33.2 Å². The third-order valence-corrected chi connectivity index (χ3v) is 12.1. The van der Waals surface area contributed by atoms with Crippen molar-refractivity contribution < 1.29 is 69.0 Å². The summed E-state index contributed by atoms with van der Waals surface area (Å²) in [6.07, 6.45) is 17.8. The lowest BCUT2D eigenvalue weighted by Crippen LogP contribution is -2.61. The van der Waals surface area contributed by atoms with Crippen molar-refractivity contribution in [1.82, 2.24) is 0 Å². The number of hydrogen-bond acceptors (Lipinski definition) is 14. The molecule has 0 aliphatic carbocycles. The Hall–Kier alpha value is -1.01. The maximum absolute atomic E-state index is 12.9. The van der Waals surface area contributed by atoms with Crippen LogP contribution in [0.4, 0.5) is 0 Å². The molecule has 11 unspecified atom stereocenters. The van der Waals surface area contributed by atoms with Gasteiger partial charge >= 0.3 is 5.97 Å². The number of unbranched alkanes of at least 4 members (excludes halogenated alkanes) is 25. The highest BCUT2D eigenvalue weighted by atomic mass is 16.7. The summed E-state index contributed by atoms with van der Waals surface area (Å²) in [6, 6.07) is 0. The Morgan fingerprint density at radius 1 is 0.475 bits per heavy atom. The van der Waals surface area contributed by atoms with E-state index in [2.05, 4.69) is 13.8 Å². The van der Waals surface area contributed by atoms with Crippen molar-refractivity contribution in [2.24, 2.45) is 0 Å². The van der Waals surface area contributed by atoms with Gasteiger partial charge in [0.15, 0.2) is 12.6 Å². The van der Waals surface area contributed by atoms with Crippen LogP contribution in [0, 0.1) is 0 Å². The van der Waals surface area contributed by atoms with Gasteiger partial charge in [0, 0.05) is 13.0 Å². The molecule has 0 aromatic rings. The van der Waals surface area contributed by atoms with E-state index < -0.39 is 80.7 Å². The van der Waals surface area contributed by atoms with Gasteiger partial charge < -0.3 is 64.2 Å². The van der Waals surface area contributed by atoms with Gasteiger partial charge in [-0.1, -0.05) is 174 Å². The van der Waals surface area contributed by atoms with Crippen molar-refractivity contribution >= 4 is 5.97 Å². The van der Waals surface area contributed by atoms with Crippen LogP contribution >= 0.6 is 0 Å². The lowest BCUT2D eigenvalue weighted by atomic mass is 9.98. The van der Waals surface area contributed by atoms with Crippen LogP contribution in [0.15, 0.2) is 0 Å². The molecule has 2 rings (SSSR count). The summed E-state index contributed by atoms with van der Waals surface area (Å²) in [6.45, 7) is 3.66. The molecule has 0 bridgehead atoms. The molecule has 0 saturated carbocycles. The largest absolute Gasteiger partial charge is 0.457 e. The van der Waals surface area contributed by atoms with Gasteiger partial charge in [0.25, 0.3) is 0 Å². The van der Waals surface area contributed by atoms with Gasteiger partial charge in [-0.25, -0.2) is 0 Å². The smallest absolute Gasteiger partial charge is 0.306 e. The summed E-state index contributed by atoms with van der Waals surface area (Å²) in [7, 11) is 0. The molecule has 7 N–H and O–H groups in total.